The molecule has 1 heterocycles. The van der Waals surface area contributed by atoms with Crippen LogP contribution in [0.2, 0.25) is 0 Å². The number of esters is 1. The number of benzene rings is 1. The third-order valence-corrected chi connectivity index (χ3v) is 2.62. The number of nitrogens with zero attached hydrogens (tertiary/aromatic N) is 1. The van der Waals surface area contributed by atoms with Crippen molar-refractivity contribution < 1.29 is 9.53 Å². The summed E-state index contributed by atoms with van der Waals surface area (Å²) in [4.78, 5) is 15.1. The van der Waals surface area contributed by atoms with Crippen LogP contribution in [0.1, 0.15) is 18.1 Å². The van der Waals surface area contributed by atoms with Crippen LogP contribution < -0.4 is 4.74 Å². The standard InChI is InChI=1S/C15H15NO2/c1-12(17)18-15-14(8-5-11-16-15)10-9-13-6-3-2-4-7-13/h2-8,11H,9-10H2,1H3. The monoisotopic (exact) mass is 241 g/mol. The summed E-state index contributed by atoms with van der Waals surface area (Å²) in [5.41, 5.74) is 2.21. The van der Waals surface area contributed by atoms with Crippen LogP contribution in [-0.2, 0) is 17.6 Å². The quantitative estimate of drug-likeness (QED) is 0.773. The molecule has 18 heavy (non-hydrogen) atoms. The van der Waals surface area contributed by atoms with Gasteiger partial charge in [-0.2, -0.15) is 0 Å². The van der Waals surface area contributed by atoms with Gasteiger partial charge in [-0.1, -0.05) is 36.4 Å². The molecule has 0 saturated carbocycles. The highest BCUT2D eigenvalue weighted by Crippen LogP contribution is 2.17. The van der Waals surface area contributed by atoms with Crippen LogP contribution in [0, 0.1) is 0 Å². The number of pyridine rings is 1. The van der Waals surface area contributed by atoms with Gasteiger partial charge in [0.25, 0.3) is 0 Å². The van der Waals surface area contributed by atoms with Crippen molar-refractivity contribution in [3.63, 3.8) is 0 Å². The Kier molecular flexibility index (Phi) is 4.07. The average molecular weight is 241 g/mol. The lowest BCUT2D eigenvalue weighted by Crippen LogP contribution is -2.06. The van der Waals surface area contributed by atoms with Gasteiger partial charge in [0.1, 0.15) is 0 Å². The van der Waals surface area contributed by atoms with Gasteiger partial charge in [0, 0.05) is 18.7 Å². The predicted octanol–water partition coefficient (Wildman–Crippen LogP) is 2.79. The summed E-state index contributed by atoms with van der Waals surface area (Å²) >= 11 is 0. The van der Waals surface area contributed by atoms with Crippen molar-refractivity contribution in [2.45, 2.75) is 19.8 Å². The van der Waals surface area contributed by atoms with Crippen molar-refractivity contribution in [3.8, 4) is 5.88 Å². The molecule has 0 N–H and O–H groups in total. The number of carbonyl (C=O) groups excluding carboxylic acids is 1. The van der Waals surface area contributed by atoms with Gasteiger partial charge < -0.3 is 4.74 Å². The molecule has 0 spiro atoms. The van der Waals surface area contributed by atoms with E-state index in [-0.39, 0.29) is 5.97 Å². The van der Waals surface area contributed by atoms with Crippen molar-refractivity contribution in [1.29, 1.82) is 0 Å². The highest BCUT2D eigenvalue weighted by molar-refractivity contribution is 5.69. The largest absolute Gasteiger partial charge is 0.407 e. The Morgan fingerprint density at radius 3 is 2.61 bits per heavy atom. The second-order valence-corrected chi connectivity index (χ2v) is 4.05. The first-order valence-corrected chi connectivity index (χ1v) is 5.92. The lowest BCUT2D eigenvalue weighted by atomic mass is 10.1. The molecule has 1 aromatic carbocycles. The Bertz CT molecular complexity index is 523. The molecule has 0 amide bonds. The van der Waals surface area contributed by atoms with Gasteiger partial charge in [-0.05, 0) is 24.5 Å². The third-order valence-electron chi connectivity index (χ3n) is 2.62. The number of carbonyl (C=O) groups is 1. The smallest absolute Gasteiger partial charge is 0.309 e. The van der Waals surface area contributed by atoms with E-state index < -0.39 is 0 Å². The molecular formula is C15H15NO2. The summed E-state index contributed by atoms with van der Waals surface area (Å²) in [7, 11) is 0. The molecule has 0 unspecified atom stereocenters. The molecule has 0 fully saturated rings. The van der Waals surface area contributed by atoms with E-state index in [1.54, 1.807) is 6.20 Å². The Balaban J connectivity index is 2.07. The van der Waals surface area contributed by atoms with E-state index in [1.807, 2.05) is 30.3 Å². The number of hydrogen-bond acceptors (Lipinski definition) is 3. The number of rotatable bonds is 4. The SMILES string of the molecule is CC(=O)Oc1ncccc1CCc1ccccc1. The highest BCUT2D eigenvalue weighted by atomic mass is 16.5. The Labute approximate surface area is 106 Å². The van der Waals surface area contributed by atoms with Crippen molar-refractivity contribution in [2.75, 3.05) is 0 Å². The molecule has 3 nitrogen and oxygen atoms in total. The van der Waals surface area contributed by atoms with Gasteiger partial charge in [0.2, 0.25) is 5.88 Å². The van der Waals surface area contributed by atoms with E-state index in [0.717, 1.165) is 18.4 Å². The molecule has 3 heteroatoms. The molecule has 92 valence electrons. The van der Waals surface area contributed by atoms with Crippen molar-refractivity contribution >= 4 is 5.97 Å². The predicted molar refractivity (Wildman–Crippen MR) is 69.4 cm³/mol. The molecule has 1 aromatic heterocycles. The summed E-state index contributed by atoms with van der Waals surface area (Å²) in [5.74, 6) is 0.0793. The van der Waals surface area contributed by atoms with E-state index >= 15 is 0 Å². The lowest BCUT2D eigenvalue weighted by molar-refractivity contribution is -0.132. The first-order chi connectivity index (χ1) is 8.75. The summed E-state index contributed by atoms with van der Waals surface area (Å²) in [6.45, 7) is 1.38. The van der Waals surface area contributed by atoms with Gasteiger partial charge >= 0.3 is 5.97 Å². The maximum absolute atomic E-state index is 11.0. The molecule has 0 saturated heterocycles. The highest BCUT2D eigenvalue weighted by Gasteiger charge is 2.07. The number of aromatic nitrogens is 1. The second kappa shape index (κ2) is 5.96. The maximum Gasteiger partial charge on any atom is 0.309 e. The van der Waals surface area contributed by atoms with Crippen LogP contribution in [0.25, 0.3) is 0 Å². The van der Waals surface area contributed by atoms with E-state index in [4.69, 9.17) is 4.74 Å². The summed E-state index contributed by atoms with van der Waals surface area (Å²) < 4.78 is 5.08. The van der Waals surface area contributed by atoms with E-state index in [9.17, 15) is 4.79 Å². The summed E-state index contributed by atoms with van der Waals surface area (Å²) in [6.07, 6.45) is 3.34. The van der Waals surface area contributed by atoms with Crippen molar-refractivity contribution in [1.82, 2.24) is 4.98 Å². The average Bonchev–Trinajstić information content (AvgIpc) is 2.38. The van der Waals surface area contributed by atoms with Crippen LogP contribution in [0.3, 0.4) is 0 Å². The van der Waals surface area contributed by atoms with Gasteiger partial charge in [-0.3, -0.25) is 4.79 Å². The fourth-order valence-corrected chi connectivity index (χ4v) is 1.77. The topological polar surface area (TPSA) is 39.2 Å². The summed E-state index contributed by atoms with van der Waals surface area (Å²) in [6, 6.07) is 14.0. The zero-order valence-corrected chi connectivity index (χ0v) is 10.3. The Hall–Kier alpha value is -2.16. The van der Waals surface area contributed by atoms with Gasteiger partial charge in [0.05, 0.1) is 0 Å². The van der Waals surface area contributed by atoms with Gasteiger partial charge in [0.15, 0.2) is 0 Å². The molecular weight excluding hydrogens is 226 g/mol. The summed E-state index contributed by atoms with van der Waals surface area (Å²) in [5, 5.41) is 0. The van der Waals surface area contributed by atoms with Crippen LogP contribution in [-0.4, -0.2) is 11.0 Å². The fourth-order valence-electron chi connectivity index (χ4n) is 1.77. The molecule has 0 atom stereocenters. The van der Waals surface area contributed by atoms with Crippen molar-refractivity contribution in [3.05, 3.63) is 59.8 Å². The van der Waals surface area contributed by atoms with Crippen LogP contribution in [0.15, 0.2) is 48.7 Å². The zero-order chi connectivity index (χ0) is 12.8. The first-order valence-electron chi connectivity index (χ1n) is 5.92. The minimum atomic E-state index is -0.338. The molecule has 0 aliphatic carbocycles. The number of aryl methyl sites for hydroxylation is 2. The van der Waals surface area contributed by atoms with Crippen LogP contribution in [0.4, 0.5) is 0 Å². The van der Waals surface area contributed by atoms with E-state index in [2.05, 4.69) is 17.1 Å². The molecule has 2 aromatic rings. The van der Waals surface area contributed by atoms with Gasteiger partial charge in [-0.25, -0.2) is 4.98 Å². The van der Waals surface area contributed by atoms with E-state index in [1.165, 1.54) is 12.5 Å². The first kappa shape index (κ1) is 12.3. The molecule has 0 bridgehead atoms. The molecule has 2 rings (SSSR count). The van der Waals surface area contributed by atoms with Crippen LogP contribution >= 0.6 is 0 Å². The Morgan fingerprint density at radius 2 is 1.89 bits per heavy atom. The van der Waals surface area contributed by atoms with Crippen molar-refractivity contribution in [2.24, 2.45) is 0 Å². The second-order valence-electron chi connectivity index (χ2n) is 4.05. The lowest BCUT2D eigenvalue weighted by Gasteiger charge is -2.07. The fraction of sp³-hybridized carbons (Fsp3) is 0.200. The Morgan fingerprint density at radius 1 is 1.11 bits per heavy atom. The molecule has 0 radical (unpaired) electrons. The zero-order valence-electron chi connectivity index (χ0n) is 10.3. The normalized spacial score (nSPS) is 10.1. The maximum atomic E-state index is 11.0. The molecule has 0 aliphatic rings. The minimum Gasteiger partial charge on any atom is -0.407 e. The van der Waals surface area contributed by atoms with E-state index in [0.29, 0.717) is 5.88 Å². The number of hydrogen-bond donors (Lipinski definition) is 0. The van der Waals surface area contributed by atoms with Gasteiger partial charge in [-0.15, -0.1) is 0 Å². The third kappa shape index (κ3) is 3.42. The minimum absolute atomic E-state index is 0.338. The van der Waals surface area contributed by atoms with Crippen LogP contribution in [0.5, 0.6) is 5.88 Å². The number of ether oxygens (including phenoxy) is 1. The molecule has 0 aliphatic heterocycles.